The molecule has 0 bridgehead atoms. The van der Waals surface area contributed by atoms with Gasteiger partial charge in [0, 0.05) is 43.0 Å². The van der Waals surface area contributed by atoms with Crippen molar-refractivity contribution in [1.82, 2.24) is 15.3 Å². The average molecular weight is 422 g/mol. The second-order valence-corrected chi connectivity index (χ2v) is 9.08. The van der Waals surface area contributed by atoms with Crippen LogP contribution < -0.4 is 15.5 Å². The largest absolute Gasteiger partial charge is 0.362 e. The van der Waals surface area contributed by atoms with Gasteiger partial charge in [-0.05, 0) is 61.8 Å². The van der Waals surface area contributed by atoms with E-state index >= 15 is 0 Å². The van der Waals surface area contributed by atoms with E-state index in [-0.39, 0.29) is 0 Å². The van der Waals surface area contributed by atoms with Crippen LogP contribution in [0.25, 0.3) is 10.9 Å². The van der Waals surface area contributed by atoms with Crippen molar-refractivity contribution >= 4 is 34.4 Å². The summed E-state index contributed by atoms with van der Waals surface area (Å²) in [4.78, 5) is 12.9. The highest BCUT2D eigenvalue weighted by molar-refractivity contribution is 7.98. The molecule has 0 spiro atoms. The van der Waals surface area contributed by atoms with Gasteiger partial charge in [-0.1, -0.05) is 24.3 Å². The van der Waals surface area contributed by atoms with Gasteiger partial charge in [-0.25, -0.2) is 4.98 Å². The Hall–Kier alpha value is -2.31. The van der Waals surface area contributed by atoms with Gasteiger partial charge < -0.3 is 15.5 Å². The summed E-state index contributed by atoms with van der Waals surface area (Å²) < 4.78 is 0. The van der Waals surface area contributed by atoms with Crippen molar-refractivity contribution in [3.63, 3.8) is 0 Å². The lowest BCUT2D eigenvalue weighted by atomic mass is 9.91. The SMILES string of the molecule is CSc1ccc(CNC2CCC(Nc3nc(N(C)C)c4ccccc4n3)CC2)cc1. The minimum absolute atomic E-state index is 0.431. The molecule has 2 aromatic carbocycles. The number of rotatable bonds is 7. The lowest BCUT2D eigenvalue weighted by Gasteiger charge is -2.30. The Labute approximate surface area is 183 Å². The highest BCUT2D eigenvalue weighted by Crippen LogP contribution is 2.26. The second kappa shape index (κ2) is 9.67. The molecule has 158 valence electrons. The van der Waals surface area contributed by atoms with E-state index in [0.717, 1.165) is 42.1 Å². The molecule has 6 heteroatoms. The molecule has 1 aromatic heterocycles. The van der Waals surface area contributed by atoms with E-state index in [0.29, 0.717) is 12.1 Å². The van der Waals surface area contributed by atoms with Crippen LogP contribution in [0.15, 0.2) is 53.4 Å². The fourth-order valence-corrected chi connectivity index (χ4v) is 4.50. The Morgan fingerprint density at radius 3 is 2.33 bits per heavy atom. The summed E-state index contributed by atoms with van der Waals surface area (Å²) in [7, 11) is 4.06. The molecule has 1 saturated carbocycles. The summed E-state index contributed by atoms with van der Waals surface area (Å²) in [6.07, 6.45) is 6.74. The number of hydrogen-bond acceptors (Lipinski definition) is 6. The van der Waals surface area contributed by atoms with E-state index in [9.17, 15) is 0 Å². The molecule has 1 aliphatic rings. The number of nitrogens with zero attached hydrogens (tertiary/aromatic N) is 3. The maximum atomic E-state index is 4.79. The molecule has 0 unspecified atom stereocenters. The fourth-order valence-electron chi connectivity index (χ4n) is 4.10. The van der Waals surface area contributed by atoms with Gasteiger partial charge in [-0.15, -0.1) is 11.8 Å². The molecular weight excluding hydrogens is 390 g/mol. The predicted octanol–water partition coefficient (Wildman–Crippen LogP) is 4.93. The monoisotopic (exact) mass is 421 g/mol. The van der Waals surface area contributed by atoms with E-state index < -0.39 is 0 Å². The number of para-hydroxylation sites is 1. The minimum Gasteiger partial charge on any atom is -0.362 e. The van der Waals surface area contributed by atoms with Crippen LogP contribution in [-0.2, 0) is 6.54 Å². The van der Waals surface area contributed by atoms with E-state index in [1.54, 1.807) is 11.8 Å². The predicted molar refractivity (Wildman–Crippen MR) is 129 cm³/mol. The van der Waals surface area contributed by atoms with Gasteiger partial charge in [0.15, 0.2) is 0 Å². The molecule has 1 heterocycles. The lowest BCUT2D eigenvalue weighted by molar-refractivity contribution is 0.352. The third kappa shape index (κ3) is 5.05. The third-order valence-corrected chi connectivity index (χ3v) is 6.56. The van der Waals surface area contributed by atoms with Crippen molar-refractivity contribution in [2.45, 2.75) is 49.2 Å². The molecule has 3 aromatic rings. The molecule has 0 amide bonds. The zero-order chi connectivity index (χ0) is 20.9. The molecule has 0 aliphatic heterocycles. The van der Waals surface area contributed by atoms with Crippen LogP contribution >= 0.6 is 11.8 Å². The van der Waals surface area contributed by atoms with Crippen LogP contribution in [0.5, 0.6) is 0 Å². The van der Waals surface area contributed by atoms with E-state index in [2.05, 4.69) is 58.2 Å². The Balaban J connectivity index is 1.32. The first kappa shape index (κ1) is 20.9. The number of aromatic nitrogens is 2. The van der Waals surface area contributed by atoms with Crippen molar-refractivity contribution in [3.8, 4) is 0 Å². The maximum absolute atomic E-state index is 4.79. The summed E-state index contributed by atoms with van der Waals surface area (Å²) in [6, 6.07) is 18.1. The van der Waals surface area contributed by atoms with Crippen LogP contribution in [0, 0.1) is 0 Å². The summed E-state index contributed by atoms with van der Waals surface area (Å²) >= 11 is 1.79. The van der Waals surface area contributed by atoms with Crippen LogP contribution in [-0.4, -0.2) is 42.4 Å². The van der Waals surface area contributed by atoms with Gasteiger partial charge in [-0.3, -0.25) is 0 Å². The van der Waals surface area contributed by atoms with Crippen LogP contribution in [0.2, 0.25) is 0 Å². The van der Waals surface area contributed by atoms with Crippen LogP contribution in [0.4, 0.5) is 11.8 Å². The molecule has 0 saturated heterocycles. The Morgan fingerprint density at radius 1 is 0.933 bits per heavy atom. The Morgan fingerprint density at radius 2 is 1.63 bits per heavy atom. The third-order valence-electron chi connectivity index (χ3n) is 5.82. The standard InChI is InChI=1S/C24H31N5S/c1-29(2)23-21-6-4-5-7-22(21)27-24(28-23)26-19-12-10-18(11-13-19)25-16-17-8-14-20(30-3)15-9-17/h4-9,14-15,18-19,25H,10-13,16H2,1-3H3,(H,26,27,28). The molecule has 0 radical (unpaired) electrons. The quantitative estimate of drug-likeness (QED) is 0.528. The van der Waals surface area contributed by atoms with Gasteiger partial charge in [0.05, 0.1) is 5.52 Å². The summed E-state index contributed by atoms with van der Waals surface area (Å²) in [6.45, 7) is 0.942. The summed E-state index contributed by atoms with van der Waals surface area (Å²) in [5.74, 6) is 1.70. The van der Waals surface area contributed by atoms with Crippen LogP contribution in [0.3, 0.4) is 0 Å². The normalized spacial score (nSPS) is 19.0. The van der Waals surface area contributed by atoms with Gasteiger partial charge in [0.1, 0.15) is 5.82 Å². The second-order valence-electron chi connectivity index (χ2n) is 8.20. The molecular formula is C24H31N5S. The highest BCUT2D eigenvalue weighted by Gasteiger charge is 2.22. The molecule has 5 nitrogen and oxygen atoms in total. The first-order valence-corrected chi connectivity index (χ1v) is 11.9. The topological polar surface area (TPSA) is 53.1 Å². The van der Waals surface area contributed by atoms with E-state index in [1.807, 2.05) is 26.2 Å². The molecule has 4 rings (SSSR count). The van der Waals surface area contributed by atoms with Gasteiger partial charge in [0.2, 0.25) is 5.95 Å². The number of benzene rings is 2. The highest BCUT2D eigenvalue weighted by atomic mass is 32.2. The van der Waals surface area contributed by atoms with Crippen molar-refractivity contribution in [3.05, 3.63) is 54.1 Å². The zero-order valence-electron chi connectivity index (χ0n) is 18.1. The molecule has 2 N–H and O–H groups in total. The van der Waals surface area contributed by atoms with E-state index in [4.69, 9.17) is 9.97 Å². The van der Waals surface area contributed by atoms with E-state index in [1.165, 1.54) is 23.3 Å². The lowest BCUT2D eigenvalue weighted by Crippen LogP contribution is -2.37. The number of hydrogen-bond donors (Lipinski definition) is 2. The molecule has 1 aliphatic carbocycles. The average Bonchev–Trinajstić information content (AvgIpc) is 2.78. The number of nitrogens with one attached hydrogen (secondary N) is 2. The maximum Gasteiger partial charge on any atom is 0.225 e. The zero-order valence-corrected chi connectivity index (χ0v) is 18.9. The van der Waals surface area contributed by atoms with Gasteiger partial charge in [0.25, 0.3) is 0 Å². The van der Waals surface area contributed by atoms with Crippen molar-refractivity contribution in [1.29, 1.82) is 0 Å². The van der Waals surface area contributed by atoms with Crippen molar-refractivity contribution in [2.24, 2.45) is 0 Å². The first-order valence-electron chi connectivity index (χ1n) is 10.7. The number of anilines is 2. The molecule has 1 fully saturated rings. The summed E-state index contributed by atoms with van der Waals surface area (Å²) in [5.41, 5.74) is 2.34. The first-order chi connectivity index (χ1) is 14.6. The molecule has 30 heavy (non-hydrogen) atoms. The Bertz CT molecular complexity index is 965. The molecule has 0 atom stereocenters. The van der Waals surface area contributed by atoms with Crippen LogP contribution in [0.1, 0.15) is 31.2 Å². The van der Waals surface area contributed by atoms with Crippen molar-refractivity contribution in [2.75, 3.05) is 30.6 Å². The van der Waals surface area contributed by atoms with Gasteiger partial charge >= 0.3 is 0 Å². The smallest absolute Gasteiger partial charge is 0.225 e. The summed E-state index contributed by atoms with van der Waals surface area (Å²) in [5, 5.41) is 8.42. The number of fused-ring (bicyclic) bond motifs is 1. The van der Waals surface area contributed by atoms with Gasteiger partial charge in [-0.2, -0.15) is 4.98 Å². The fraction of sp³-hybridized carbons (Fsp3) is 0.417. The van der Waals surface area contributed by atoms with Crippen molar-refractivity contribution < 1.29 is 0 Å². The number of thioether (sulfide) groups is 1. The Kier molecular flexibility index (Phi) is 6.75. The minimum atomic E-state index is 0.431.